The molecular formula is C18H12ClNO3S2. The van der Waals surface area contributed by atoms with Crippen LogP contribution in [0.25, 0.3) is 11.1 Å². The first-order valence-corrected chi connectivity index (χ1v) is 9.61. The Morgan fingerprint density at radius 1 is 1.24 bits per heavy atom. The fourth-order valence-electron chi connectivity index (χ4n) is 3.05. The quantitative estimate of drug-likeness (QED) is 0.638. The van der Waals surface area contributed by atoms with Crippen molar-refractivity contribution in [3.8, 4) is 11.1 Å². The van der Waals surface area contributed by atoms with Gasteiger partial charge in [0.15, 0.2) is 0 Å². The number of hydrogen-bond acceptors (Lipinski definition) is 4. The van der Waals surface area contributed by atoms with Gasteiger partial charge in [0.25, 0.3) is 0 Å². The lowest BCUT2D eigenvalue weighted by Crippen LogP contribution is -2.22. The minimum Gasteiger partial charge on any atom is -0.477 e. The summed E-state index contributed by atoms with van der Waals surface area (Å²) in [7, 11) is 0. The lowest BCUT2D eigenvalue weighted by atomic mass is 9.93. The van der Waals surface area contributed by atoms with Crippen LogP contribution in [0.2, 0.25) is 5.02 Å². The summed E-state index contributed by atoms with van der Waals surface area (Å²) in [6.45, 7) is 0. The number of thiophene rings is 2. The van der Waals surface area contributed by atoms with Crippen LogP contribution in [-0.2, 0) is 4.79 Å². The molecule has 0 unspecified atom stereocenters. The van der Waals surface area contributed by atoms with Gasteiger partial charge in [0, 0.05) is 32.7 Å². The number of benzene rings is 1. The molecule has 2 aromatic heterocycles. The molecule has 0 radical (unpaired) electrons. The van der Waals surface area contributed by atoms with Gasteiger partial charge in [0.2, 0.25) is 5.91 Å². The number of rotatable bonds is 3. The minimum atomic E-state index is -0.997. The van der Waals surface area contributed by atoms with Crippen LogP contribution in [-0.4, -0.2) is 17.0 Å². The van der Waals surface area contributed by atoms with Crippen molar-refractivity contribution >= 4 is 51.8 Å². The molecule has 2 N–H and O–H groups in total. The number of carbonyl (C=O) groups excluding carboxylic acids is 1. The van der Waals surface area contributed by atoms with Crippen LogP contribution in [0.1, 0.15) is 31.8 Å². The van der Waals surface area contributed by atoms with Crippen LogP contribution in [0.3, 0.4) is 0 Å². The monoisotopic (exact) mass is 389 g/mol. The van der Waals surface area contributed by atoms with Gasteiger partial charge in [-0.1, -0.05) is 29.8 Å². The van der Waals surface area contributed by atoms with Gasteiger partial charge >= 0.3 is 5.97 Å². The second kappa shape index (κ2) is 6.29. The van der Waals surface area contributed by atoms with Crippen molar-refractivity contribution in [2.45, 2.75) is 12.3 Å². The lowest BCUT2D eigenvalue weighted by Gasteiger charge is -2.22. The maximum Gasteiger partial charge on any atom is 0.346 e. The summed E-state index contributed by atoms with van der Waals surface area (Å²) in [5, 5.41) is 15.1. The Balaban J connectivity index is 1.95. The SMILES string of the molecule is O=C1C[C@H](c2cccs2)c2sc(C(=O)O)c(-c3ccc(Cl)cc3)c2N1. The Bertz CT molecular complexity index is 961. The maximum atomic E-state index is 12.3. The summed E-state index contributed by atoms with van der Waals surface area (Å²) >= 11 is 8.77. The summed E-state index contributed by atoms with van der Waals surface area (Å²) in [4.78, 5) is 26.3. The zero-order valence-corrected chi connectivity index (χ0v) is 15.2. The molecule has 1 aromatic carbocycles. The molecule has 3 aromatic rings. The van der Waals surface area contributed by atoms with Gasteiger partial charge < -0.3 is 10.4 Å². The molecule has 0 spiro atoms. The first-order chi connectivity index (χ1) is 12.0. The fraction of sp³-hybridized carbons (Fsp3) is 0.111. The fourth-order valence-corrected chi connectivity index (χ4v) is 5.32. The highest BCUT2D eigenvalue weighted by Crippen LogP contribution is 2.50. The molecule has 4 nitrogen and oxygen atoms in total. The summed E-state index contributed by atoms with van der Waals surface area (Å²) < 4.78 is 0. The van der Waals surface area contributed by atoms with Crippen molar-refractivity contribution in [3.05, 3.63) is 61.4 Å². The predicted molar refractivity (Wildman–Crippen MR) is 101 cm³/mol. The number of halogens is 1. The summed E-state index contributed by atoms with van der Waals surface area (Å²) in [5.41, 5.74) is 1.89. The smallest absolute Gasteiger partial charge is 0.346 e. The molecule has 1 amide bonds. The first kappa shape index (κ1) is 16.3. The third-order valence-electron chi connectivity index (χ3n) is 4.12. The molecule has 126 valence electrons. The number of carboxylic acids is 1. The normalized spacial score (nSPS) is 16.4. The lowest BCUT2D eigenvalue weighted by molar-refractivity contribution is -0.116. The average Bonchev–Trinajstić information content (AvgIpc) is 3.22. The summed E-state index contributed by atoms with van der Waals surface area (Å²) in [6.07, 6.45) is 0.327. The Labute approximate surface area is 156 Å². The molecule has 1 atom stereocenters. The maximum absolute atomic E-state index is 12.3. The second-order valence-electron chi connectivity index (χ2n) is 5.68. The Hall–Kier alpha value is -2.15. The average molecular weight is 390 g/mol. The number of aromatic carboxylic acids is 1. The highest BCUT2D eigenvalue weighted by atomic mass is 35.5. The van der Waals surface area contributed by atoms with E-state index in [2.05, 4.69) is 5.32 Å². The van der Waals surface area contributed by atoms with Crippen molar-refractivity contribution in [1.82, 2.24) is 0 Å². The summed E-state index contributed by atoms with van der Waals surface area (Å²) in [5.74, 6) is -1.20. The molecule has 1 aliphatic rings. The van der Waals surface area contributed by atoms with E-state index in [1.807, 2.05) is 17.5 Å². The summed E-state index contributed by atoms with van der Waals surface area (Å²) in [6, 6.07) is 10.9. The van der Waals surface area contributed by atoms with Crippen molar-refractivity contribution in [2.24, 2.45) is 0 Å². The zero-order valence-electron chi connectivity index (χ0n) is 12.8. The molecule has 0 saturated heterocycles. The number of carboxylic acid groups (broad SMARTS) is 1. The molecule has 0 aliphatic carbocycles. The van der Waals surface area contributed by atoms with Crippen LogP contribution in [0.4, 0.5) is 5.69 Å². The van der Waals surface area contributed by atoms with Crippen molar-refractivity contribution < 1.29 is 14.7 Å². The van der Waals surface area contributed by atoms with Crippen molar-refractivity contribution in [3.63, 3.8) is 0 Å². The van der Waals surface area contributed by atoms with E-state index in [4.69, 9.17) is 11.6 Å². The number of carbonyl (C=O) groups is 2. The van der Waals surface area contributed by atoms with Crippen LogP contribution < -0.4 is 5.32 Å². The Kier molecular flexibility index (Phi) is 4.11. The predicted octanol–water partition coefficient (Wildman–Crippen LogP) is 5.30. The topological polar surface area (TPSA) is 66.4 Å². The number of hydrogen-bond donors (Lipinski definition) is 2. The van der Waals surface area contributed by atoms with E-state index in [1.54, 1.807) is 35.6 Å². The van der Waals surface area contributed by atoms with Crippen LogP contribution in [0.15, 0.2) is 41.8 Å². The number of amides is 1. The third-order valence-corrected chi connectivity index (χ3v) is 6.65. The minimum absolute atomic E-state index is 0.101. The molecule has 1 aliphatic heterocycles. The third kappa shape index (κ3) is 2.86. The van der Waals surface area contributed by atoms with Gasteiger partial charge in [-0.3, -0.25) is 4.79 Å². The van der Waals surface area contributed by atoms with E-state index >= 15 is 0 Å². The standard InChI is InChI=1S/C18H12ClNO3S2/c19-10-5-3-9(4-6-10)14-15-16(25-17(14)18(22)23)11(8-13(21)20-15)12-2-1-7-24-12/h1-7,11H,8H2,(H,20,21)(H,22,23)/t11-/m1/s1. The van der Waals surface area contributed by atoms with E-state index in [0.717, 1.165) is 15.3 Å². The van der Waals surface area contributed by atoms with Gasteiger partial charge in [-0.2, -0.15) is 0 Å². The van der Waals surface area contributed by atoms with Crippen LogP contribution >= 0.6 is 34.3 Å². The van der Waals surface area contributed by atoms with Gasteiger partial charge in [0.05, 0.1) is 5.69 Å². The van der Waals surface area contributed by atoms with E-state index in [9.17, 15) is 14.7 Å². The highest BCUT2D eigenvalue weighted by molar-refractivity contribution is 7.15. The Morgan fingerprint density at radius 2 is 2.00 bits per heavy atom. The molecule has 0 bridgehead atoms. The number of anilines is 1. The highest BCUT2D eigenvalue weighted by Gasteiger charge is 2.34. The van der Waals surface area contributed by atoms with E-state index in [1.165, 1.54) is 11.3 Å². The van der Waals surface area contributed by atoms with Crippen molar-refractivity contribution in [1.29, 1.82) is 0 Å². The largest absolute Gasteiger partial charge is 0.477 e. The molecule has 3 heterocycles. The second-order valence-corrected chi connectivity index (χ2v) is 8.15. The number of fused-ring (bicyclic) bond motifs is 1. The van der Waals surface area contributed by atoms with Gasteiger partial charge in [-0.05, 0) is 29.1 Å². The van der Waals surface area contributed by atoms with Gasteiger partial charge in [-0.25, -0.2) is 4.79 Å². The molecule has 4 rings (SSSR count). The van der Waals surface area contributed by atoms with E-state index in [0.29, 0.717) is 22.7 Å². The molecule has 7 heteroatoms. The van der Waals surface area contributed by atoms with Gasteiger partial charge in [-0.15, -0.1) is 22.7 Å². The van der Waals surface area contributed by atoms with E-state index < -0.39 is 5.97 Å². The zero-order chi connectivity index (χ0) is 17.6. The molecular weight excluding hydrogens is 378 g/mol. The molecule has 0 saturated carbocycles. The first-order valence-electron chi connectivity index (χ1n) is 7.53. The molecule has 25 heavy (non-hydrogen) atoms. The molecule has 0 fully saturated rings. The number of nitrogens with one attached hydrogen (secondary N) is 1. The van der Waals surface area contributed by atoms with Crippen molar-refractivity contribution in [2.75, 3.05) is 5.32 Å². The van der Waals surface area contributed by atoms with Crippen LogP contribution in [0.5, 0.6) is 0 Å². The van der Waals surface area contributed by atoms with E-state index in [-0.39, 0.29) is 16.7 Å². The Morgan fingerprint density at radius 3 is 2.64 bits per heavy atom. The van der Waals surface area contributed by atoms with Gasteiger partial charge in [0.1, 0.15) is 4.88 Å². The van der Waals surface area contributed by atoms with Crippen LogP contribution in [0, 0.1) is 0 Å².